The Labute approximate surface area is 134 Å². The molecule has 108 valence electrons. The molecule has 1 aromatic rings. The van der Waals surface area contributed by atoms with Crippen molar-refractivity contribution < 1.29 is 9.47 Å². The van der Waals surface area contributed by atoms with E-state index in [4.69, 9.17) is 55.9 Å². The van der Waals surface area contributed by atoms with E-state index in [9.17, 15) is 0 Å². The topological polar surface area (TPSA) is 18.5 Å². The Kier molecular flexibility index (Phi) is 13.1. The number of rotatable bonds is 0. The van der Waals surface area contributed by atoms with E-state index in [1.807, 2.05) is 18.2 Å². The Morgan fingerprint density at radius 3 is 1.32 bits per heavy atom. The third kappa shape index (κ3) is 14.3. The maximum Gasteiger partial charge on any atom is 0.136 e. The number of aryl methyl sites for hydroxylation is 1. The molecular weight excluding hydrogens is 330 g/mol. The lowest BCUT2D eigenvalue weighted by Crippen LogP contribution is -2.16. The average molecular weight is 346 g/mol. The minimum absolute atomic E-state index is 0.0988. The molecule has 19 heavy (non-hydrogen) atoms. The first-order valence-electron chi connectivity index (χ1n) is 5.57. The summed E-state index contributed by atoms with van der Waals surface area (Å²) < 4.78 is 9.69. The summed E-state index contributed by atoms with van der Waals surface area (Å²) in [6.07, 6.45) is 0. The van der Waals surface area contributed by atoms with Gasteiger partial charge in [0.2, 0.25) is 0 Å². The van der Waals surface area contributed by atoms with E-state index in [-0.39, 0.29) is 8.98 Å². The second-order valence-electron chi connectivity index (χ2n) is 3.40. The molecule has 2 rings (SSSR count). The zero-order valence-electron chi connectivity index (χ0n) is 10.5. The molecule has 2 nitrogen and oxygen atoms in total. The minimum Gasteiger partial charge on any atom is -0.377 e. The van der Waals surface area contributed by atoms with Gasteiger partial charge in [-0.2, -0.15) is 0 Å². The molecule has 0 bridgehead atoms. The molecule has 6 heteroatoms. The van der Waals surface area contributed by atoms with Crippen molar-refractivity contribution in [1.82, 2.24) is 0 Å². The van der Waals surface area contributed by atoms with Gasteiger partial charge in [0.25, 0.3) is 0 Å². The molecular formula is C13H16Cl4O2. The Morgan fingerprint density at radius 2 is 1.16 bits per heavy atom. The summed E-state index contributed by atoms with van der Waals surface area (Å²) in [5.41, 5.74) is 1.32. The maximum atomic E-state index is 4.99. The molecule has 1 aliphatic rings. The number of halogens is 4. The molecule has 1 aliphatic heterocycles. The zero-order valence-corrected chi connectivity index (χ0v) is 13.6. The van der Waals surface area contributed by atoms with Crippen molar-refractivity contribution in [3.8, 4) is 0 Å². The fraction of sp³-hybridized carbons (Fsp3) is 0.385. The highest BCUT2D eigenvalue weighted by Crippen LogP contribution is 2.20. The van der Waals surface area contributed by atoms with Gasteiger partial charge >= 0.3 is 0 Å². The van der Waals surface area contributed by atoms with Crippen LogP contribution in [0.4, 0.5) is 0 Å². The fourth-order valence-electron chi connectivity index (χ4n) is 0.974. The normalized spacial score (nSPS) is 13.3. The molecule has 0 aromatic heterocycles. The van der Waals surface area contributed by atoms with Crippen LogP contribution in [0.2, 0.25) is 0 Å². The number of benzene rings is 1. The molecule has 0 N–H and O–H groups in total. The van der Waals surface area contributed by atoms with E-state index in [0.29, 0.717) is 0 Å². The molecule has 1 saturated heterocycles. The van der Waals surface area contributed by atoms with Crippen LogP contribution in [0, 0.1) is 6.92 Å². The van der Waals surface area contributed by atoms with E-state index >= 15 is 0 Å². The lowest BCUT2D eigenvalue weighted by atomic mass is 10.2. The van der Waals surface area contributed by atoms with Gasteiger partial charge in [0.1, 0.15) is 8.98 Å². The van der Waals surface area contributed by atoms with Crippen LogP contribution in [0.1, 0.15) is 5.56 Å². The second-order valence-corrected chi connectivity index (χ2v) is 5.30. The van der Waals surface area contributed by atoms with Crippen molar-refractivity contribution in [2.45, 2.75) is 6.92 Å². The number of hydrogen-bond acceptors (Lipinski definition) is 2. The van der Waals surface area contributed by atoms with E-state index in [1.54, 1.807) is 0 Å². The van der Waals surface area contributed by atoms with Crippen LogP contribution >= 0.6 is 46.4 Å². The first-order valence-corrected chi connectivity index (χ1v) is 7.08. The van der Waals surface area contributed by atoms with Crippen LogP contribution in [0.3, 0.4) is 0 Å². The summed E-state index contributed by atoms with van der Waals surface area (Å²) in [6, 6.07) is 10.3. The molecule has 0 aliphatic carbocycles. The van der Waals surface area contributed by atoms with Crippen LogP contribution < -0.4 is 0 Å². The molecule has 0 amide bonds. The lowest BCUT2D eigenvalue weighted by Gasteiger charge is -2.09. The highest BCUT2D eigenvalue weighted by Gasteiger charge is 1.94. The standard InChI is InChI=1S/C7H8.C4H8O2.C2Cl4/c1-7-5-3-2-4-6-7;1-2-6-4-3-5-1;3-1(4)2(5)6/h2-6H,1H3;1-4H2;. The van der Waals surface area contributed by atoms with Gasteiger partial charge in [-0.15, -0.1) is 0 Å². The molecule has 0 unspecified atom stereocenters. The van der Waals surface area contributed by atoms with Gasteiger partial charge in [0.15, 0.2) is 0 Å². The maximum absolute atomic E-state index is 4.99. The van der Waals surface area contributed by atoms with E-state index in [0.717, 1.165) is 26.4 Å². The van der Waals surface area contributed by atoms with Crippen LogP contribution in [-0.4, -0.2) is 26.4 Å². The van der Waals surface area contributed by atoms with Crippen molar-refractivity contribution >= 4 is 46.4 Å². The highest BCUT2D eigenvalue weighted by molar-refractivity contribution is 6.67. The second kappa shape index (κ2) is 13.0. The van der Waals surface area contributed by atoms with Crippen LogP contribution in [0.15, 0.2) is 39.3 Å². The quantitative estimate of drug-likeness (QED) is 0.651. The van der Waals surface area contributed by atoms with Crippen molar-refractivity contribution in [2.75, 3.05) is 26.4 Å². The summed E-state index contributed by atoms with van der Waals surface area (Å²) in [5.74, 6) is 0. The van der Waals surface area contributed by atoms with Gasteiger partial charge in [-0.1, -0.05) is 82.3 Å². The molecule has 1 fully saturated rings. The van der Waals surface area contributed by atoms with Gasteiger partial charge in [-0.3, -0.25) is 0 Å². The molecule has 1 heterocycles. The van der Waals surface area contributed by atoms with Crippen LogP contribution in [-0.2, 0) is 9.47 Å². The Morgan fingerprint density at radius 1 is 0.789 bits per heavy atom. The highest BCUT2D eigenvalue weighted by atomic mass is 35.5. The largest absolute Gasteiger partial charge is 0.377 e. The number of ether oxygens (including phenoxy) is 2. The molecule has 0 saturated carbocycles. The lowest BCUT2D eigenvalue weighted by molar-refractivity contribution is -0.0334. The third-order valence-corrected chi connectivity index (χ3v) is 2.97. The van der Waals surface area contributed by atoms with Crippen LogP contribution in [0.5, 0.6) is 0 Å². The predicted octanol–water partition coefficient (Wildman–Crippen LogP) is 5.10. The van der Waals surface area contributed by atoms with E-state index < -0.39 is 0 Å². The Bertz CT molecular complexity index is 321. The number of hydrogen-bond donors (Lipinski definition) is 0. The van der Waals surface area contributed by atoms with Gasteiger partial charge in [-0.25, -0.2) is 0 Å². The first-order chi connectivity index (χ1) is 9.04. The molecule has 1 aromatic carbocycles. The van der Waals surface area contributed by atoms with Crippen molar-refractivity contribution in [2.24, 2.45) is 0 Å². The summed E-state index contributed by atoms with van der Waals surface area (Å²) in [6.45, 7) is 5.19. The Balaban J connectivity index is 0.000000257. The summed E-state index contributed by atoms with van der Waals surface area (Å²) in [4.78, 5) is 0. The van der Waals surface area contributed by atoms with Gasteiger partial charge in [-0.05, 0) is 6.92 Å². The molecule has 0 atom stereocenters. The minimum atomic E-state index is -0.0988. The fourth-order valence-corrected chi connectivity index (χ4v) is 0.974. The van der Waals surface area contributed by atoms with Gasteiger partial charge in [0, 0.05) is 0 Å². The zero-order chi connectivity index (χ0) is 14.5. The monoisotopic (exact) mass is 344 g/mol. The van der Waals surface area contributed by atoms with Crippen molar-refractivity contribution in [1.29, 1.82) is 0 Å². The summed E-state index contributed by atoms with van der Waals surface area (Å²) in [5, 5.41) is 0. The SMILES string of the molecule is C1COCCO1.Cc1ccccc1.ClC(Cl)=C(Cl)Cl. The van der Waals surface area contributed by atoms with Crippen molar-refractivity contribution in [3.05, 3.63) is 44.9 Å². The average Bonchev–Trinajstić information content (AvgIpc) is 2.43. The third-order valence-electron chi connectivity index (χ3n) is 1.83. The predicted molar refractivity (Wildman–Crippen MR) is 83.3 cm³/mol. The van der Waals surface area contributed by atoms with Crippen LogP contribution in [0.25, 0.3) is 0 Å². The first kappa shape index (κ1) is 19.0. The van der Waals surface area contributed by atoms with E-state index in [2.05, 4.69) is 19.1 Å². The summed E-state index contributed by atoms with van der Waals surface area (Å²) >= 11 is 20.0. The Hall–Kier alpha value is 0.0400. The van der Waals surface area contributed by atoms with E-state index in [1.165, 1.54) is 5.56 Å². The van der Waals surface area contributed by atoms with Gasteiger partial charge in [0.05, 0.1) is 26.4 Å². The van der Waals surface area contributed by atoms with Gasteiger partial charge < -0.3 is 9.47 Å². The molecule has 0 spiro atoms. The molecule has 0 radical (unpaired) electrons. The smallest absolute Gasteiger partial charge is 0.136 e. The summed E-state index contributed by atoms with van der Waals surface area (Å²) in [7, 11) is 0. The van der Waals surface area contributed by atoms with Crippen molar-refractivity contribution in [3.63, 3.8) is 0 Å².